The summed E-state index contributed by atoms with van der Waals surface area (Å²) in [6, 6.07) is 13.9. The monoisotopic (exact) mass is 438 g/mol. The van der Waals surface area contributed by atoms with Crippen molar-refractivity contribution in [1.82, 2.24) is 0 Å². The Morgan fingerprint density at radius 3 is 2.16 bits per heavy atom. The summed E-state index contributed by atoms with van der Waals surface area (Å²) in [6.45, 7) is 4.09. The summed E-state index contributed by atoms with van der Waals surface area (Å²) in [6.07, 6.45) is 9.65. The van der Waals surface area contributed by atoms with Gasteiger partial charge in [-0.15, -0.1) is 0 Å². The molecule has 2 N–H and O–H groups in total. The first-order valence-corrected chi connectivity index (χ1v) is 11.4. The zero-order valence-electron chi connectivity index (χ0n) is 19.1. The number of hydrogen-bond donors (Lipinski definition) is 2. The highest BCUT2D eigenvalue weighted by Crippen LogP contribution is 2.24. The molecule has 0 unspecified atom stereocenters. The van der Waals surface area contributed by atoms with Crippen LogP contribution in [0.4, 0.5) is 0 Å². The molecule has 0 fully saturated rings. The quantitative estimate of drug-likeness (QED) is 0.0903. The van der Waals surface area contributed by atoms with E-state index < -0.39 is 5.97 Å². The van der Waals surface area contributed by atoms with Gasteiger partial charge in [0, 0.05) is 5.56 Å². The van der Waals surface area contributed by atoms with Gasteiger partial charge in [-0.25, -0.2) is 4.79 Å². The van der Waals surface area contributed by atoms with Gasteiger partial charge in [-0.05, 0) is 44.0 Å². The van der Waals surface area contributed by atoms with Gasteiger partial charge < -0.3 is 15.2 Å². The highest BCUT2D eigenvalue weighted by molar-refractivity contribution is 6.48. The predicted molar refractivity (Wildman–Crippen MR) is 127 cm³/mol. The van der Waals surface area contributed by atoms with Crippen LogP contribution < -0.4 is 4.74 Å². The van der Waals surface area contributed by atoms with Crippen molar-refractivity contribution in [2.45, 2.75) is 71.6 Å². The third-order valence-corrected chi connectivity index (χ3v) is 5.36. The van der Waals surface area contributed by atoms with E-state index in [0.717, 1.165) is 24.8 Å². The van der Waals surface area contributed by atoms with E-state index in [2.05, 4.69) is 17.2 Å². The van der Waals surface area contributed by atoms with Crippen LogP contribution in [0.5, 0.6) is 5.75 Å². The number of hydrogen-bond acceptors (Lipinski definition) is 6. The molecule has 0 aliphatic carbocycles. The Kier molecular flexibility index (Phi) is 11.0. The molecule has 172 valence electrons. The lowest BCUT2D eigenvalue weighted by atomic mass is 9.98. The largest absolute Gasteiger partial charge is 0.422 e. The van der Waals surface area contributed by atoms with Gasteiger partial charge in [-0.2, -0.15) is 0 Å². The number of aryl methyl sites for hydroxylation is 1. The number of rotatable bonds is 13. The molecule has 0 saturated heterocycles. The van der Waals surface area contributed by atoms with Gasteiger partial charge >= 0.3 is 5.97 Å². The number of oxime groups is 2. The number of ether oxygens (including phenoxy) is 1. The molecule has 0 amide bonds. The molecule has 6 nitrogen and oxygen atoms in total. The number of carbonyl (C=O) groups is 1. The fourth-order valence-corrected chi connectivity index (χ4v) is 3.56. The molecule has 0 saturated carbocycles. The fraction of sp³-hybridized carbons (Fsp3) is 0.423. The van der Waals surface area contributed by atoms with Crippen molar-refractivity contribution >= 4 is 17.4 Å². The zero-order chi connectivity index (χ0) is 23.2. The SMILES string of the molecule is CCCCCCCCCCC(=NO)C(=NO)c1cc(C)ccc1OC(=O)c1ccccc1. The van der Waals surface area contributed by atoms with Crippen molar-refractivity contribution < 1.29 is 19.9 Å². The standard InChI is InChI=1S/C26H34N2O4/c1-3-4-5-6-7-8-9-13-16-23(27-30)25(28-31)22-19-20(2)17-18-24(22)32-26(29)21-14-11-10-12-15-21/h10-12,14-15,17-19,30-31H,3-9,13,16H2,1-2H3. The van der Waals surface area contributed by atoms with Gasteiger partial charge in [0.05, 0.1) is 5.56 Å². The second kappa shape index (κ2) is 14.0. The Morgan fingerprint density at radius 1 is 0.875 bits per heavy atom. The average molecular weight is 439 g/mol. The highest BCUT2D eigenvalue weighted by Gasteiger charge is 2.20. The van der Waals surface area contributed by atoms with Gasteiger partial charge in [0.2, 0.25) is 0 Å². The first kappa shape index (κ1) is 25.1. The van der Waals surface area contributed by atoms with Crippen LogP contribution in [0.2, 0.25) is 0 Å². The first-order valence-electron chi connectivity index (χ1n) is 11.4. The number of benzene rings is 2. The van der Waals surface area contributed by atoms with Gasteiger partial charge in [-0.1, -0.05) is 92.0 Å². The minimum atomic E-state index is -0.515. The van der Waals surface area contributed by atoms with Crippen molar-refractivity contribution in [3.8, 4) is 5.75 Å². The van der Waals surface area contributed by atoms with Gasteiger partial charge in [0.1, 0.15) is 17.2 Å². The first-order chi connectivity index (χ1) is 15.6. The summed E-state index contributed by atoms with van der Waals surface area (Å²) in [5.41, 5.74) is 2.08. The third kappa shape index (κ3) is 7.84. The Labute approximate surface area is 190 Å². The van der Waals surface area contributed by atoms with Crippen molar-refractivity contribution in [2.75, 3.05) is 0 Å². The van der Waals surface area contributed by atoms with Crippen molar-refractivity contribution in [3.63, 3.8) is 0 Å². The summed E-state index contributed by atoms with van der Waals surface area (Å²) < 4.78 is 5.59. The topological polar surface area (TPSA) is 91.5 Å². The molecule has 0 bridgehead atoms. The lowest BCUT2D eigenvalue weighted by Crippen LogP contribution is -2.19. The summed E-state index contributed by atoms with van der Waals surface area (Å²) in [5.74, 6) is -0.270. The number of esters is 1. The van der Waals surface area contributed by atoms with Crippen molar-refractivity contribution in [2.24, 2.45) is 10.3 Å². The molecule has 2 aromatic rings. The van der Waals surface area contributed by atoms with E-state index in [1.807, 2.05) is 13.0 Å². The maximum absolute atomic E-state index is 12.5. The van der Waals surface area contributed by atoms with E-state index in [-0.39, 0.29) is 17.2 Å². The van der Waals surface area contributed by atoms with E-state index in [1.54, 1.807) is 42.5 Å². The maximum Gasteiger partial charge on any atom is 0.343 e. The van der Waals surface area contributed by atoms with Gasteiger partial charge in [0.25, 0.3) is 0 Å². The van der Waals surface area contributed by atoms with E-state index >= 15 is 0 Å². The number of unbranched alkanes of at least 4 members (excludes halogenated alkanes) is 7. The lowest BCUT2D eigenvalue weighted by Gasteiger charge is -2.13. The van der Waals surface area contributed by atoms with Crippen LogP contribution in [0, 0.1) is 6.92 Å². The molecule has 2 rings (SSSR count). The summed E-state index contributed by atoms with van der Waals surface area (Å²) in [4.78, 5) is 12.5. The fourth-order valence-electron chi connectivity index (χ4n) is 3.56. The molecule has 0 spiro atoms. The van der Waals surface area contributed by atoms with E-state index in [4.69, 9.17) is 4.74 Å². The molecule has 0 atom stereocenters. The molecule has 6 heteroatoms. The zero-order valence-corrected chi connectivity index (χ0v) is 19.1. The van der Waals surface area contributed by atoms with Crippen LogP contribution in [-0.4, -0.2) is 27.8 Å². The molecular formula is C26H34N2O4. The van der Waals surface area contributed by atoms with Gasteiger partial charge in [0.15, 0.2) is 0 Å². The number of carbonyl (C=O) groups excluding carboxylic acids is 1. The molecule has 2 aromatic carbocycles. The van der Waals surface area contributed by atoms with Crippen LogP contribution in [0.15, 0.2) is 58.8 Å². The van der Waals surface area contributed by atoms with Crippen LogP contribution in [0.3, 0.4) is 0 Å². The van der Waals surface area contributed by atoms with Crippen LogP contribution >= 0.6 is 0 Å². The van der Waals surface area contributed by atoms with E-state index in [1.165, 1.54) is 32.1 Å². The molecular weight excluding hydrogens is 404 g/mol. The lowest BCUT2D eigenvalue weighted by molar-refractivity contribution is 0.0734. The average Bonchev–Trinajstić information content (AvgIpc) is 2.82. The van der Waals surface area contributed by atoms with E-state index in [0.29, 0.717) is 17.5 Å². The minimum Gasteiger partial charge on any atom is -0.422 e. The smallest absolute Gasteiger partial charge is 0.343 e. The Balaban J connectivity index is 2.06. The Hall–Kier alpha value is -3.15. The summed E-state index contributed by atoms with van der Waals surface area (Å²) in [7, 11) is 0. The van der Waals surface area contributed by atoms with Crippen LogP contribution in [-0.2, 0) is 0 Å². The Bertz CT molecular complexity index is 907. The van der Waals surface area contributed by atoms with Gasteiger partial charge in [-0.3, -0.25) is 0 Å². The molecule has 0 aromatic heterocycles. The Morgan fingerprint density at radius 2 is 1.53 bits per heavy atom. The number of nitrogens with zero attached hydrogens (tertiary/aromatic N) is 2. The summed E-state index contributed by atoms with van der Waals surface area (Å²) in [5, 5.41) is 26.1. The maximum atomic E-state index is 12.5. The van der Waals surface area contributed by atoms with Crippen LogP contribution in [0.25, 0.3) is 0 Å². The van der Waals surface area contributed by atoms with Crippen molar-refractivity contribution in [1.29, 1.82) is 0 Å². The molecule has 32 heavy (non-hydrogen) atoms. The minimum absolute atomic E-state index is 0.106. The van der Waals surface area contributed by atoms with E-state index in [9.17, 15) is 15.2 Å². The molecule has 0 heterocycles. The highest BCUT2D eigenvalue weighted by atomic mass is 16.5. The molecule has 0 aliphatic rings. The molecule has 0 radical (unpaired) electrons. The second-order valence-corrected chi connectivity index (χ2v) is 7.98. The second-order valence-electron chi connectivity index (χ2n) is 7.98. The third-order valence-electron chi connectivity index (χ3n) is 5.36. The van der Waals surface area contributed by atoms with Crippen LogP contribution in [0.1, 0.15) is 86.2 Å². The normalized spacial score (nSPS) is 12.1. The molecule has 0 aliphatic heterocycles. The van der Waals surface area contributed by atoms with Crippen molar-refractivity contribution in [3.05, 3.63) is 65.2 Å². The predicted octanol–water partition coefficient (Wildman–Crippen LogP) is 6.75. The summed E-state index contributed by atoms with van der Waals surface area (Å²) >= 11 is 0.